The molecule has 0 aromatic carbocycles. The van der Waals surface area contributed by atoms with Crippen LogP contribution in [0.2, 0.25) is 5.02 Å². The lowest BCUT2D eigenvalue weighted by atomic mass is 10.4. The first-order valence-corrected chi connectivity index (χ1v) is 7.14. The molecule has 0 unspecified atom stereocenters. The highest BCUT2D eigenvalue weighted by Gasteiger charge is 2.24. The monoisotopic (exact) mass is 316 g/mol. The van der Waals surface area contributed by atoms with Gasteiger partial charge in [-0.1, -0.05) is 11.6 Å². The molecule has 0 bridgehead atoms. The fourth-order valence-corrected chi connectivity index (χ4v) is 2.91. The van der Waals surface area contributed by atoms with Gasteiger partial charge in [0.15, 0.2) is 5.82 Å². The van der Waals surface area contributed by atoms with Crippen LogP contribution in [0, 0.1) is 6.92 Å². The highest BCUT2D eigenvalue weighted by molar-refractivity contribution is 7.92. The minimum atomic E-state index is -4.03. The molecular weight excluding hydrogens is 308 g/mol. The van der Waals surface area contributed by atoms with Gasteiger partial charge in [0.05, 0.1) is 5.02 Å². The van der Waals surface area contributed by atoms with Gasteiger partial charge in [0, 0.05) is 12.3 Å². The van der Waals surface area contributed by atoms with Gasteiger partial charge in [-0.25, -0.2) is 18.2 Å². The average Bonchev–Trinajstić information content (AvgIpc) is 2.75. The van der Waals surface area contributed by atoms with E-state index in [2.05, 4.69) is 9.71 Å². The Morgan fingerprint density at radius 1 is 1.50 bits per heavy atom. The molecule has 0 radical (unpaired) electrons. The van der Waals surface area contributed by atoms with Gasteiger partial charge in [0.25, 0.3) is 10.0 Å². The van der Waals surface area contributed by atoms with E-state index >= 15 is 0 Å². The molecule has 2 N–H and O–H groups in total. The first-order valence-electron chi connectivity index (χ1n) is 5.28. The van der Waals surface area contributed by atoms with Crippen LogP contribution in [-0.4, -0.2) is 24.5 Å². The Balaban J connectivity index is 2.41. The van der Waals surface area contributed by atoms with Crippen molar-refractivity contribution in [1.82, 2.24) is 4.98 Å². The average molecular weight is 317 g/mol. The number of rotatable bonds is 4. The van der Waals surface area contributed by atoms with Crippen molar-refractivity contribution in [2.24, 2.45) is 0 Å². The van der Waals surface area contributed by atoms with Gasteiger partial charge < -0.3 is 9.52 Å². The van der Waals surface area contributed by atoms with Crippen LogP contribution in [-0.2, 0) is 10.0 Å². The number of nitrogens with zero attached hydrogens (tertiary/aromatic N) is 1. The zero-order chi connectivity index (χ0) is 14.9. The van der Waals surface area contributed by atoms with E-state index in [0.29, 0.717) is 0 Å². The van der Waals surface area contributed by atoms with Crippen LogP contribution in [0.25, 0.3) is 0 Å². The molecule has 0 atom stereocenters. The Morgan fingerprint density at radius 3 is 2.75 bits per heavy atom. The third-order valence-electron chi connectivity index (χ3n) is 2.36. The van der Waals surface area contributed by atoms with Crippen LogP contribution in [0.5, 0.6) is 0 Å². The summed E-state index contributed by atoms with van der Waals surface area (Å²) in [6.45, 7) is 1.35. The normalized spacial score (nSPS) is 11.3. The van der Waals surface area contributed by atoms with E-state index in [-0.39, 0.29) is 21.5 Å². The number of nitrogens with one attached hydrogen (secondary N) is 1. The number of sulfonamides is 1. The van der Waals surface area contributed by atoms with Crippen molar-refractivity contribution < 1.29 is 22.7 Å². The van der Waals surface area contributed by atoms with Crippen LogP contribution in [0.4, 0.5) is 5.82 Å². The van der Waals surface area contributed by atoms with Gasteiger partial charge in [-0.05, 0) is 19.1 Å². The SMILES string of the molecule is Cc1oc(C(=O)O)cc1S(=O)(=O)Nc1ncccc1Cl. The number of hydrogen-bond acceptors (Lipinski definition) is 5. The summed E-state index contributed by atoms with van der Waals surface area (Å²) in [5.74, 6) is -1.91. The first kappa shape index (κ1) is 14.4. The van der Waals surface area contributed by atoms with Gasteiger partial charge in [-0.2, -0.15) is 0 Å². The second-order valence-electron chi connectivity index (χ2n) is 3.78. The molecule has 0 amide bonds. The molecular formula is C11H9ClN2O5S. The molecule has 2 rings (SSSR count). The predicted molar refractivity (Wildman–Crippen MR) is 70.5 cm³/mol. The molecule has 0 aliphatic heterocycles. The molecule has 0 saturated heterocycles. The summed E-state index contributed by atoms with van der Waals surface area (Å²) >= 11 is 5.81. The fraction of sp³-hybridized carbons (Fsp3) is 0.0909. The van der Waals surface area contributed by atoms with Crippen molar-refractivity contribution in [2.45, 2.75) is 11.8 Å². The number of carboxylic acids is 1. The number of pyridine rings is 1. The van der Waals surface area contributed by atoms with E-state index < -0.39 is 21.8 Å². The van der Waals surface area contributed by atoms with E-state index in [1.165, 1.54) is 19.2 Å². The van der Waals surface area contributed by atoms with Crippen molar-refractivity contribution in [3.05, 3.63) is 40.9 Å². The summed E-state index contributed by atoms with van der Waals surface area (Å²) in [7, 11) is -4.03. The Kier molecular flexibility index (Phi) is 3.69. The van der Waals surface area contributed by atoms with Gasteiger partial charge in [-0.15, -0.1) is 0 Å². The molecule has 2 heterocycles. The van der Waals surface area contributed by atoms with Crippen molar-refractivity contribution >= 4 is 33.4 Å². The largest absolute Gasteiger partial charge is 0.475 e. The molecule has 0 aliphatic carbocycles. The van der Waals surface area contributed by atoms with Gasteiger partial charge in [0.2, 0.25) is 5.76 Å². The molecule has 2 aromatic heterocycles. The minimum Gasteiger partial charge on any atom is -0.475 e. The van der Waals surface area contributed by atoms with Crippen LogP contribution in [0.1, 0.15) is 16.3 Å². The lowest BCUT2D eigenvalue weighted by Gasteiger charge is -2.07. The lowest BCUT2D eigenvalue weighted by Crippen LogP contribution is -2.14. The molecule has 0 aliphatic rings. The minimum absolute atomic E-state index is 0.0399. The van der Waals surface area contributed by atoms with Gasteiger partial charge in [-0.3, -0.25) is 4.72 Å². The lowest BCUT2D eigenvalue weighted by molar-refractivity contribution is 0.0661. The fourth-order valence-electron chi connectivity index (χ4n) is 1.48. The van der Waals surface area contributed by atoms with Crippen molar-refractivity contribution in [3.63, 3.8) is 0 Å². The number of aromatic carboxylic acids is 1. The van der Waals surface area contributed by atoms with E-state index in [4.69, 9.17) is 21.1 Å². The summed E-state index contributed by atoms with van der Waals surface area (Å²) in [6, 6.07) is 3.94. The standard InChI is InChI=1S/C11H9ClN2O5S/c1-6-9(5-8(19-6)11(15)16)20(17,18)14-10-7(12)3-2-4-13-10/h2-5H,1H3,(H,13,14)(H,15,16). The highest BCUT2D eigenvalue weighted by Crippen LogP contribution is 2.25. The third kappa shape index (κ3) is 2.75. The first-order chi connectivity index (χ1) is 9.31. The number of carboxylic acid groups (broad SMARTS) is 1. The summed E-state index contributed by atoms with van der Waals surface area (Å²) in [5, 5.41) is 8.90. The molecule has 0 fully saturated rings. The van der Waals surface area contributed by atoms with E-state index in [1.807, 2.05) is 0 Å². The van der Waals surface area contributed by atoms with E-state index in [9.17, 15) is 13.2 Å². The predicted octanol–water partition coefficient (Wildman–Crippen LogP) is 2.14. The highest BCUT2D eigenvalue weighted by atomic mass is 35.5. The Morgan fingerprint density at radius 2 is 2.20 bits per heavy atom. The van der Waals surface area contributed by atoms with Crippen LogP contribution in [0.15, 0.2) is 33.7 Å². The number of furan rings is 1. The zero-order valence-corrected chi connectivity index (χ0v) is 11.7. The van der Waals surface area contributed by atoms with Crippen molar-refractivity contribution in [3.8, 4) is 0 Å². The Bertz CT molecular complexity index is 769. The third-order valence-corrected chi connectivity index (χ3v) is 4.11. The van der Waals surface area contributed by atoms with Gasteiger partial charge in [0.1, 0.15) is 10.7 Å². The second-order valence-corrected chi connectivity index (χ2v) is 5.83. The maximum absolute atomic E-state index is 12.1. The summed E-state index contributed by atoms with van der Waals surface area (Å²) in [4.78, 5) is 14.3. The van der Waals surface area contributed by atoms with Gasteiger partial charge >= 0.3 is 5.97 Å². The molecule has 20 heavy (non-hydrogen) atoms. The number of anilines is 1. The Labute approximate surface area is 119 Å². The van der Waals surface area contributed by atoms with Crippen LogP contribution in [0.3, 0.4) is 0 Å². The summed E-state index contributed by atoms with van der Waals surface area (Å²) < 4.78 is 31.3. The number of aromatic nitrogens is 1. The number of hydrogen-bond donors (Lipinski definition) is 2. The summed E-state index contributed by atoms with van der Waals surface area (Å²) in [5.41, 5.74) is 0. The number of aryl methyl sites for hydroxylation is 1. The quantitative estimate of drug-likeness (QED) is 0.894. The number of carbonyl (C=O) groups is 1. The maximum Gasteiger partial charge on any atom is 0.371 e. The van der Waals surface area contributed by atoms with Crippen LogP contribution >= 0.6 is 11.6 Å². The molecule has 9 heteroatoms. The molecule has 106 valence electrons. The van der Waals surface area contributed by atoms with Crippen LogP contribution < -0.4 is 4.72 Å². The van der Waals surface area contributed by atoms with E-state index in [0.717, 1.165) is 6.07 Å². The number of halogens is 1. The smallest absolute Gasteiger partial charge is 0.371 e. The molecule has 7 nitrogen and oxygen atoms in total. The van der Waals surface area contributed by atoms with Crippen molar-refractivity contribution in [1.29, 1.82) is 0 Å². The van der Waals surface area contributed by atoms with E-state index in [1.54, 1.807) is 6.07 Å². The maximum atomic E-state index is 12.1. The van der Waals surface area contributed by atoms with Crippen molar-refractivity contribution in [2.75, 3.05) is 4.72 Å². The molecule has 2 aromatic rings. The second kappa shape index (κ2) is 5.14. The Hall–Kier alpha value is -2.06. The zero-order valence-electron chi connectivity index (χ0n) is 10.1. The molecule has 0 saturated carbocycles. The topological polar surface area (TPSA) is 109 Å². The molecule has 0 spiro atoms. The summed E-state index contributed by atoms with van der Waals surface area (Å²) in [6.07, 6.45) is 1.37.